The van der Waals surface area contributed by atoms with E-state index >= 15 is 0 Å². The largest absolute Gasteiger partial charge is 0.492 e. The zero-order valence-electron chi connectivity index (χ0n) is 7.51. The standard InChI is InChI=1S/C10H8BrClOS/c1-2-13-8-5-14-10-7(12)4-3-6(11)9(8)10/h3-5H,2H2,1H3. The van der Waals surface area contributed by atoms with E-state index in [1.165, 1.54) is 0 Å². The van der Waals surface area contributed by atoms with Gasteiger partial charge in [-0.05, 0) is 35.0 Å². The minimum atomic E-state index is 0.671. The fourth-order valence-corrected chi connectivity index (χ4v) is 3.18. The van der Waals surface area contributed by atoms with Crippen LogP contribution < -0.4 is 4.74 Å². The third-order valence-electron chi connectivity index (χ3n) is 1.89. The van der Waals surface area contributed by atoms with Crippen LogP contribution in [0.2, 0.25) is 5.02 Å². The summed E-state index contributed by atoms with van der Waals surface area (Å²) < 4.78 is 7.62. The molecule has 0 aliphatic carbocycles. The van der Waals surface area contributed by atoms with Gasteiger partial charge >= 0.3 is 0 Å². The molecule has 1 nitrogen and oxygen atoms in total. The first kappa shape index (κ1) is 10.3. The summed E-state index contributed by atoms with van der Waals surface area (Å²) in [5.41, 5.74) is 0. The van der Waals surface area contributed by atoms with E-state index in [9.17, 15) is 0 Å². The summed E-state index contributed by atoms with van der Waals surface area (Å²) in [5, 5.41) is 3.84. The van der Waals surface area contributed by atoms with E-state index in [1.54, 1.807) is 11.3 Å². The van der Waals surface area contributed by atoms with Crippen molar-refractivity contribution in [3.63, 3.8) is 0 Å². The van der Waals surface area contributed by atoms with Gasteiger partial charge in [0.2, 0.25) is 0 Å². The maximum atomic E-state index is 6.08. The van der Waals surface area contributed by atoms with Crippen LogP contribution in [0.1, 0.15) is 6.92 Å². The number of rotatable bonds is 2. The Labute approximate surface area is 99.8 Å². The number of hydrogen-bond acceptors (Lipinski definition) is 2. The summed E-state index contributed by atoms with van der Waals surface area (Å²) in [4.78, 5) is 0. The maximum Gasteiger partial charge on any atom is 0.138 e. The number of thiophene rings is 1. The van der Waals surface area contributed by atoms with Crippen LogP contribution in [0.3, 0.4) is 0 Å². The SMILES string of the molecule is CCOc1csc2c(Cl)ccc(Br)c12. The molecular formula is C10H8BrClOS. The molecule has 1 aromatic heterocycles. The first-order valence-electron chi connectivity index (χ1n) is 4.22. The Balaban J connectivity index is 2.70. The van der Waals surface area contributed by atoms with Crippen LogP contribution in [-0.4, -0.2) is 6.61 Å². The average molecular weight is 292 g/mol. The third kappa shape index (κ3) is 1.64. The molecule has 0 fully saturated rings. The zero-order valence-corrected chi connectivity index (χ0v) is 10.7. The van der Waals surface area contributed by atoms with E-state index in [0.717, 1.165) is 25.3 Å². The molecule has 2 rings (SSSR count). The van der Waals surface area contributed by atoms with Crippen molar-refractivity contribution in [2.24, 2.45) is 0 Å². The topological polar surface area (TPSA) is 9.23 Å². The van der Waals surface area contributed by atoms with Crippen molar-refractivity contribution in [2.75, 3.05) is 6.61 Å². The van der Waals surface area contributed by atoms with Crippen LogP contribution in [0.4, 0.5) is 0 Å². The fourth-order valence-electron chi connectivity index (χ4n) is 1.31. The van der Waals surface area contributed by atoms with Gasteiger partial charge in [-0.3, -0.25) is 0 Å². The molecule has 0 N–H and O–H groups in total. The predicted molar refractivity (Wildman–Crippen MR) is 65.7 cm³/mol. The van der Waals surface area contributed by atoms with Gasteiger partial charge in [-0.25, -0.2) is 0 Å². The number of fused-ring (bicyclic) bond motifs is 1. The van der Waals surface area contributed by atoms with Gasteiger partial charge in [0.25, 0.3) is 0 Å². The first-order valence-corrected chi connectivity index (χ1v) is 6.27. The Hall–Kier alpha value is -0.250. The molecule has 14 heavy (non-hydrogen) atoms. The van der Waals surface area contributed by atoms with Gasteiger partial charge in [0, 0.05) is 9.85 Å². The zero-order chi connectivity index (χ0) is 10.1. The highest BCUT2D eigenvalue weighted by Crippen LogP contribution is 2.41. The lowest BCUT2D eigenvalue weighted by Gasteiger charge is -2.02. The summed E-state index contributed by atoms with van der Waals surface area (Å²) in [7, 11) is 0. The van der Waals surface area contributed by atoms with Crippen molar-refractivity contribution in [3.8, 4) is 5.75 Å². The van der Waals surface area contributed by atoms with Crippen molar-refractivity contribution in [1.82, 2.24) is 0 Å². The Morgan fingerprint density at radius 1 is 1.50 bits per heavy atom. The van der Waals surface area contributed by atoms with Crippen LogP contribution in [0, 0.1) is 0 Å². The van der Waals surface area contributed by atoms with E-state index in [2.05, 4.69) is 15.9 Å². The number of ether oxygens (including phenoxy) is 1. The minimum Gasteiger partial charge on any atom is -0.492 e. The van der Waals surface area contributed by atoms with Crippen molar-refractivity contribution >= 4 is 49.0 Å². The lowest BCUT2D eigenvalue weighted by atomic mass is 10.2. The molecule has 0 atom stereocenters. The normalized spacial score (nSPS) is 10.8. The molecule has 1 heterocycles. The Morgan fingerprint density at radius 3 is 3.00 bits per heavy atom. The van der Waals surface area contributed by atoms with Gasteiger partial charge in [0.1, 0.15) is 5.75 Å². The minimum absolute atomic E-state index is 0.671. The van der Waals surface area contributed by atoms with Crippen LogP contribution in [0.25, 0.3) is 10.1 Å². The lowest BCUT2D eigenvalue weighted by Crippen LogP contribution is -1.89. The number of benzene rings is 1. The summed E-state index contributed by atoms with van der Waals surface area (Å²) in [5.74, 6) is 0.905. The summed E-state index contributed by atoms with van der Waals surface area (Å²) >= 11 is 11.2. The van der Waals surface area contributed by atoms with Gasteiger partial charge in [-0.1, -0.05) is 11.6 Å². The molecule has 0 radical (unpaired) electrons. The molecule has 0 aliphatic rings. The van der Waals surface area contributed by atoms with E-state index in [1.807, 2.05) is 24.4 Å². The number of halogens is 2. The molecule has 0 bridgehead atoms. The summed E-state index contributed by atoms with van der Waals surface area (Å²) in [6.07, 6.45) is 0. The van der Waals surface area contributed by atoms with Gasteiger partial charge in [0.05, 0.1) is 21.7 Å². The average Bonchev–Trinajstić information content (AvgIpc) is 2.58. The number of hydrogen-bond donors (Lipinski definition) is 0. The monoisotopic (exact) mass is 290 g/mol. The second-order valence-corrected chi connectivity index (χ2v) is 4.91. The highest BCUT2D eigenvalue weighted by atomic mass is 79.9. The molecule has 1 aromatic carbocycles. The van der Waals surface area contributed by atoms with E-state index in [4.69, 9.17) is 16.3 Å². The molecule has 4 heteroatoms. The van der Waals surface area contributed by atoms with E-state index in [-0.39, 0.29) is 0 Å². The van der Waals surface area contributed by atoms with Crippen molar-refractivity contribution < 1.29 is 4.74 Å². The summed E-state index contributed by atoms with van der Waals surface area (Å²) in [6, 6.07) is 3.83. The van der Waals surface area contributed by atoms with Crippen molar-refractivity contribution in [1.29, 1.82) is 0 Å². The molecule has 0 unspecified atom stereocenters. The van der Waals surface area contributed by atoms with Gasteiger partial charge in [0.15, 0.2) is 0 Å². The van der Waals surface area contributed by atoms with E-state index in [0.29, 0.717) is 6.61 Å². The Bertz CT molecular complexity index is 466. The Morgan fingerprint density at radius 2 is 2.29 bits per heavy atom. The van der Waals surface area contributed by atoms with Gasteiger partial charge in [-0.2, -0.15) is 0 Å². The van der Waals surface area contributed by atoms with Crippen molar-refractivity contribution in [3.05, 3.63) is 27.0 Å². The highest BCUT2D eigenvalue weighted by Gasteiger charge is 2.10. The van der Waals surface area contributed by atoms with Gasteiger partial charge < -0.3 is 4.74 Å². The van der Waals surface area contributed by atoms with Crippen LogP contribution in [0.15, 0.2) is 22.0 Å². The van der Waals surface area contributed by atoms with Crippen LogP contribution in [0.5, 0.6) is 5.75 Å². The second-order valence-electron chi connectivity index (χ2n) is 2.77. The Kier molecular flexibility index (Phi) is 3.00. The molecule has 0 aliphatic heterocycles. The van der Waals surface area contributed by atoms with Crippen molar-refractivity contribution in [2.45, 2.75) is 6.92 Å². The van der Waals surface area contributed by atoms with Gasteiger partial charge in [-0.15, -0.1) is 11.3 Å². The molecule has 2 aromatic rings. The predicted octanol–water partition coefficient (Wildman–Crippen LogP) is 4.72. The summed E-state index contributed by atoms with van der Waals surface area (Å²) in [6.45, 7) is 2.65. The quantitative estimate of drug-likeness (QED) is 0.778. The fraction of sp³-hybridized carbons (Fsp3) is 0.200. The molecule has 0 saturated heterocycles. The molecular weight excluding hydrogens is 284 g/mol. The lowest BCUT2D eigenvalue weighted by molar-refractivity contribution is 0.345. The maximum absolute atomic E-state index is 6.08. The highest BCUT2D eigenvalue weighted by molar-refractivity contribution is 9.10. The smallest absolute Gasteiger partial charge is 0.138 e. The molecule has 74 valence electrons. The molecule has 0 amide bonds. The van der Waals surface area contributed by atoms with Crippen LogP contribution >= 0.6 is 38.9 Å². The first-order chi connectivity index (χ1) is 6.74. The molecule has 0 saturated carbocycles. The van der Waals surface area contributed by atoms with E-state index < -0.39 is 0 Å². The molecule has 0 spiro atoms. The van der Waals surface area contributed by atoms with Crippen LogP contribution in [-0.2, 0) is 0 Å². The second kappa shape index (κ2) is 4.09. The third-order valence-corrected chi connectivity index (χ3v) is 3.97.